The predicted molar refractivity (Wildman–Crippen MR) is 98.1 cm³/mol. The molecule has 0 fully saturated rings. The van der Waals surface area contributed by atoms with Gasteiger partial charge in [-0.05, 0) is 24.3 Å². The molecule has 0 atom stereocenters. The summed E-state index contributed by atoms with van der Waals surface area (Å²) in [5.41, 5.74) is 1.65. The van der Waals surface area contributed by atoms with Crippen LogP contribution < -0.4 is 4.74 Å². The van der Waals surface area contributed by atoms with Crippen molar-refractivity contribution in [3.05, 3.63) is 89.0 Å². The highest BCUT2D eigenvalue weighted by Crippen LogP contribution is 2.30. The fraction of sp³-hybridized carbons (Fsp3) is 0. The molecule has 26 heavy (non-hydrogen) atoms. The Morgan fingerprint density at radius 1 is 0.808 bits per heavy atom. The number of ether oxygens (including phenoxy) is 1. The Hall–Kier alpha value is -3.80. The van der Waals surface area contributed by atoms with Gasteiger partial charge in [-0.1, -0.05) is 42.5 Å². The lowest BCUT2D eigenvalue weighted by atomic mass is 10.2. The first kappa shape index (κ1) is 15.7. The number of fused-ring (bicyclic) bond motifs is 1. The maximum absolute atomic E-state index is 10.8. The van der Waals surface area contributed by atoms with Gasteiger partial charge in [0.25, 0.3) is 5.69 Å². The topological polar surface area (TPSA) is 78.2 Å². The standard InChI is InChI=1S/C20H13N3O3/c24-23(25)15-10-12-16(13-11-15)26-20-17-8-4-5-9-18(17)21-19(22-20)14-6-2-1-3-7-14/h1-13H. The van der Waals surface area contributed by atoms with Crippen molar-refractivity contribution < 1.29 is 9.66 Å². The summed E-state index contributed by atoms with van der Waals surface area (Å²) in [7, 11) is 0. The first-order valence-corrected chi connectivity index (χ1v) is 7.95. The molecule has 1 aromatic heterocycles. The van der Waals surface area contributed by atoms with Crippen molar-refractivity contribution in [2.24, 2.45) is 0 Å². The number of benzene rings is 3. The van der Waals surface area contributed by atoms with Crippen LogP contribution in [0.2, 0.25) is 0 Å². The highest BCUT2D eigenvalue weighted by Gasteiger charge is 2.12. The van der Waals surface area contributed by atoms with Gasteiger partial charge in [0.2, 0.25) is 5.88 Å². The Morgan fingerprint density at radius 2 is 1.50 bits per heavy atom. The Balaban J connectivity index is 1.79. The highest BCUT2D eigenvalue weighted by molar-refractivity contribution is 5.85. The molecule has 3 aromatic carbocycles. The molecule has 1 heterocycles. The Labute approximate surface area is 148 Å². The van der Waals surface area contributed by atoms with Gasteiger partial charge in [0.1, 0.15) is 5.75 Å². The van der Waals surface area contributed by atoms with Gasteiger partial charge in [-0.25, -0.2) is 4.98 Å². The van der Waals surface area contributed by atoms with Gasteiger partial charge in [0.15, 0.2) is 5.82 Å². The highest BCUT2D eigenvalue weighted by atomic mass is 16.6. The number of non-ortho nitro benzene ring substituents is 1. The minimum Gasteiger partial charge on any atom is -0.438 e. The van der Waals surface area contributed by atoms with Crippen molar-refractivity contribution in [2.75, 3.05) is 0 Å². The summed E-state index contributed by atoms with van der Waals surface area (Å²) in [5.74, 6) is 1.43. The molecule has 0 aliphatic heterocycles. The van der Waals surface area contributed by atoms with Crippen LogP contribution in [0.15, 0.2) is 78.9 Å². The van der Waals surface area contributed by atoms with Crippen LogP contribution >= 0.6 is 0 Å². The molecule has 0 spiro atoms. The van der Waals surface area contributed by atoms with Crippen LogP contribution in [0.4, 0.5) is 5.69 Å². The fourth-order valence-corrected chi connectivity index (χ4v) is 2.59. The van der Waals surface area contributed by atoms with Crippen molar-refractivity contribution >= 4 is 16.6 Å². The summed E-state index contributed by atoms with van der Waals surface area (Å²) in [6.07, 6.45) is 0. The van der Waals surface area contributed by atoms with E-state index in [1.807, 2.05) is 54.6 Å². The van der Waals surface area contributed by atoms with Gasteiger partial charge in [0.05, 0.1) is 15.8 Å². The maximum atomic E-state index is 10.8. The van der Waals surface area contributed by atoms with Gasteiger partial charge in [-0.3, -0.25) is 10.1 Å². The number of para-hydroxylation sites is 1. The number of hydrogen-bond donors (Lipinski definition) is 0. The molecule has 6 nitrogen and oxygen atoms in total. The van der Waals surface area contributed by atoms with E-state index in [0.29, 0.717) is 17.5 Å². The Kier molecular flexibility index (Phi) is 3.99. The predicted octanol–water partition coefficient (Wildman–Crippen LogP) is 5.00. The first-order chi connectivity index (χ1) is 12.7. The van der Waals surface area contributed by atoms with Gasteiger partial charge < -0.3 is 4.74 Å². The molecule has 0 aliphatic rings. The van der Waals surface area contributed by atoms with Crippen LogP contribution in [0, 0.1) is 10.1 Å². The lowest BCUT2D eigenvalue weighted by Crippen LogP contribution is -1.96. The molecule has 0 unspecified atom stereocenters. The third kappa shape index (κ3) is 3.08. The number of hydrogen-bond acceptors (Lipinski definition) is 5. The van der Waals surface area contributed by atoms with Crippen LogP contribution in [-0.2, 0) is 0 Å². The quantitative estimate of drug-likeness (QED) is 0.385. The van der Waals surface area contributed by atoms with E-state index in [0.717, 1.165) is 16.5 Å². The van der Waals surface area contributed by atoms with Crippen LogP contribution in [-0.4, -0.2) is 14.9 Å². The molecule has 0 saturated carbocycles. The maximum Gasteiger partial charge on any atom is 0.269 e. The summed E-state index contributed by atoms with van der Waals surface area (Å²) in [6, 6.07) is 23.1. The molecule has 0 amide bonds. The van der Waals surface area contributed by atoms with E-state index in [2.05, 4.69) is 9.97 Å². The zero-order valence-corrected chi connectivity index (χ0v) is 13.6. The summed E-state index contributed by atoms with van der Waals surface area (Å²) in [5, 5.41) is 11.6. The monoisotopic (exact) mass is 343 g/mol. The minimum absolute atomic E-state index is 0.00914. The lowest BCUT2D eigenvalue weighted by Gasteiger charge is -2.10. The van der Waals surface area contributed by atoms with E-state index < -0.39 is 4.92 Å². The molecule has 4 rings (SSSR count). The number of nitrogens with zero attached hydrogens (tertiary/aromatic N) is 3. The fourth-order valence-electron chi connectivity index (χ4n) is 2.59. The molecule has 0 aliphatic carbocycles. The minimum atomic E-state index is -0.447. The zero-order chi connectivity index (χ0) is 17.9. The average Bonchev–Trinajstić information content (AvgIpc) is 2.69. The Bertz CT molecular complexity index is 1080. The van der Waals surface area contributed by atoms with Gasteiger partial charge in [-0.2, -0.15) is 4.98 Å². The summed E-state index contributed by atoms with van der Waals surface area (Å²) < 4.78 is 5.91. The van der Waals surface area contributed by atoms with Crippen LogP contribution in [0.3, 0.4) is 0 Å². The number of aromatic nitrogens is 2. The Morgan fingerprint density at radius 3 is 2.23 bits per heavy atom. The van der Waals surface area contributed by atoms with E-state index >= 15 is 0 Å². The summed E-state index contributed by atoms with van der Waals surface area (Å²) >= 11 is 0. The van der Waals surface area contributed by atoms with Gasteiger partial charge >= 0.3 is 0 Å². The van der Waals surface area contributed by atoms with Crippen molar-refractivity contribution in [2.45, 2.75) is 0 Å². The van der Waals surface area contributed by atoms with Crippen molar-refractivity contribution in [3.8, 4) is 23.0 Å². The summed E-state index contributed by atoms with van der Waals surface area (Å²) in [6.45, 7) is 0. The van der Waals surface area contributed by atoms with E-state index in [1.54, 1.807) is 12.1 Å². The van der Waals surface area contributed by atoms with Gasteiger partial charge in [0, 0.05) is 17.7 Å². The van der Waals surface area contributed by atoms with Crippen LogP contribution in [0.25, 0.3) is 22.3 Å². The molecule has 0 N–H and O–H groups in total. The van der Waals surface area contributed by atoms with Crippen LogP contribution in [0.5, 0.6) is 11.6 Å². The molecular formula is C20H13N3O3. The average molecular weight is 343 g/mol. The van der Waals surface area contributed by atoms with Crippen molar-refractivity contribution in [1.29, 1.82) is 0 Å². The molecule has 6 heteroatoms. The third-order valence-corrected chi connectivity index (χ3v) is 3.86. The van der Waals surface area contributed by atoms with Gasteiger partial charge in [-0.15, -0.1) is 0 Å². The second-order valence-electron chi connectivity index (χ2n) is 5.59. The van der Waals surface area contributed by atoms with E-state index in [9.17, 15) is 10.1 Å². The van der Waals surface area contributed by atoms with E-state index in [4.69, 9.17) is 4.74 Å². The number of rotatable bonds is 4. The molecule has 126 valence electrons. The summed E-state index contributed by atoms with van der Waals surface area (Å²) in [4.78, 5) is 19.5. The van der Waals surface area contributed by atoms with Crippen LogP contribution in [0.1, 0.15) is 0 Å². The largest absolute Gasteiger partial charge is 0.438 e. The number of nitro benzene ring substituents is 1. The SMILES string of the molecule is O=[N+]([O-])c1ccc(Oc2nc(-c3ccccc3)nc3ccccc23)cc1. The smallest absolute Gasteiger partial charge is 0.269 e. The second kappa shape index (κ2) is 6.60. The third-order valence-electron chi connectivity index (χ3n) is 3.86. The normalized spacial score (nSPS) is 10.6. The van der Waals surface area contributed by atoms with E-state index in [-0.39, 0.29) is 5.69 Å². The lowest BCUT2D eigenvalue weighted by molar-refractivity contribution is -0.384. The molecule has 0 radical (unpaired) electrons. The van der Waals surface area contributed by atoms with E-state index in [1.165, 1.54) is 12.1 Å². The van der Waals surface area contributed by atoms with Crippen molar-refractivity contribution in [3.63, 3.8) is 0 Å². The number of nitro groups is 1. The van der Waals surface area contributed by atoms with Crippen molar-refractivity contribution in [1.82, 2.24) is 9.97 Å². The molecular weight excluding hydrogens is 330 g/mol. The zero-order valence-electron chi connectivity index (χ0n) is 13.6. The molecule has 0 bridgehead atoms. The first-order valence-electron chi connectivity index (χ1n) is 7.95. The molecule has 0 saturated heterocycles. The second-order valence-corrected chi connectivity index (χ2v) is 5.59. The molecule has 4 aromatic rings.